The summed E-state index contributed by atoms with van der Waals surface area (Å²) >= 11 is 0. The van der Waals surface area contributed by atoms with Gasteiger partial charge in [-0.2, -0.15) is 4.98 Å². The molecule has 0 amide bonds. The summed E-state index contributed by atoms with van der Waals surface area (Å²) in [5.41, 5.74) is 1.56. The minimum absolute atomic E-state index is 0.211. The largest absolute Gasteiger partial charge is 0.495 e. The monoisotopic (exact) mass is 394 g/mol. The van der Waals surface area contributed by atoms with Crippen LogP contribution in [0.2, 0.25) is 0 Å². The molecule has 0 aliphatic carbocycles. The Morgan fingerprint density at radius 1 is 0.931 bits per heavy atom. The van der Waals surface area contributed by atoms with Crippen LogP contribution in [0.4, 0.5) is 23.1 Å². The molecular weight excluding hydrogens is 372 g/mol. The molecule has 0 unspecified atom stereocenters. The zero-order valence-electron chi connectivity index (χ0n) is 16.4. The molecule has 1 aromatic heterocycles. The minimum Gasteiger partial charge on any atom is -0.495 e. The van der Waals surface area contributed by atoms with Gasteiger partial charge < -0.3 is 24.8 Å². The van der Waals surface area contributed by atoms with E-state index in [0.717, 1.165) is 0 Å². The molecule has 0 aliphatic heterocycles. The van der Waals surface area contributed by atoms with Crippen molar-refractivity contribution >= 4 is 29.1 Å². The van der Waals surface area contributed by atoms with Crippen LogP contribution in [0.25, 0.3) is 0 Å². The summed E-state index contributed by atoms with van der Waals surface area (Å²) in [6.07, 6.45) is 1.42. The van der Waals surface area contributed by atoms with Gasteiger partial charge in [0, 0.05) is 6.20 Å². The van der Waals surface area contributed by atoms with Crippen LogP contribution in [0.3, 0.4) is 0 Å². The van der Waals surface area contributed by atoms with Crippen LogP contribution in [0.15, 0.2) is 54.7 Å². The molecule has 0 saturated carbocycles. The summed E-state index contributed by atoms with van der Waals surface area (Å²) in [5, 5.41) is 6.24. The van der Waals surface area contributed by atoms with Crippen molar-refractivity contribution in [2.75, 3.05) is 31.5 Å². The number of anilines is 4. The van der Waals surface area contributed by atoms with Crippen LogP contribution < -0.4 is 20.1 Å². The molecule has 150 valence electrons. The highest BCUT2D eigenvalue weighted by molar-refractivity contribution is 5.95. The number of carbonyl (C=O) groups is 1. The number of esters is 1. The van der Waals surface area contributed by atoms with Gasteiger partial charge >= 0.3 is 5.97 Å². The number of nitrogens with one attached hydrogen (secondary N) is 2. The molecule has 2 aromatic carbocycles. The summed E-state index contributed by atoms with van der Waals surface area (Å²) in [5.74, 6) is 1.32. The van der Waals surface area contributed by atoms with Crippen molar-refractivity contribution in [3.63, 3.8) is 0 Å². The zero-order valence-corrected chi connectivity index (χ0v) is 16.4. The van der Waals surface area contributed by atoms with E-state index in [1.165, 1.54) is 6.20 Å². The van der Waals surface area contributed by atoms with Crippen molar-refractivity contribution < 1.29 is 19.0 Å². The lowest BCUT2D eigenvalue weighted by Gasteiger charge is -2.15. The number of hydrogen-bond acceptors (Lipinski definition) is 8. The Kier molecular flexibility index (Phi) is 6.47. The number of rotatable bonds is 8. The van der Waals surface area contributed by atoms with Gasteiger partial charge in [0.05, 0.1) is 32.2 Å². The van der Waals surface area contributed by atoms with E-state index in [2.05, 4.69) is 20.6 Å². The van der Waals surface area contributed by atoms with Crippen LogP contribution >= 0.6 is 0 Å². The topological polar surface area (TPSA) is 94.6 Å². The first kappa shape index (κ1) is 19.9. The molecule has 0 aliphatic rings. The fraction of sp³-hybridized carbons (Fsp3) is 0.190. The fourth-order valence-electron chi connectivity index (χ4n) is 2.64. The van der Waals surface area contributed by atoms with E-state index in [4.69, 9.17) is 14.2 Å². The maximum absolute atomic E-state index is 12.4. The first-order valence-electron chi connectivity index (χ1n) is 9.00. The minimum atomic E-state index is -0.520. The third kappa shape index (κ3) is 4.73. The van der Waals surface area contributed by atoms with Gasteiger partial charge in [-0.3, -0.25) is 0 Å². The van der Waals surface area contributed by atoms with Crippen LogP contribution in [0.5, 0.6) is 11.5 Å². The molecule has 3 rings (SSSR count). The van der Waals surface area contributed by atoms with E-state index in [1.54, 1.807) is 21.1 Å². The van der Waals surface area contributed by atoms with Gasteiger partial charge in [-0.05, 0) is 31.2 Å². The van der Waals surface area contributed by atoms with Gasteiger partial charge in [-0.15, -0.1) is 0 Å². The second-order valence-corrected chi connectivity index (χ2v) is 5.83. The molecular formula is C21H22N4O4. The van der Waals surface area contributed by atoms with E-state index in [-0.39, 0.29) is 12.2 Å². The maximum Gasteiger partial charge on any atom is 0.343 e. The summed E-state index contributed by atoms with van der Waals surface area (Å²) in [6.45, 7) is 1.98. The van der Waals surface area contributed by atoms with E-state index in [9.17, 15) is 4.79 Å². The van der Waals surface area contributed by atoms with Gasteiger partial charge in [-0.1, -0.05) is 24.3 Å². The van der Waals surface area contributed by atoms with E-state index in [1.807, 2.05) is 48.5 Å². The number of aromatic nitrogens is 2. The number of nitrogens with zero attached hydrogens (tertiary/aromatic N) is 2. The third-order valence-electron chi connectivity index (χ3n) is 4.00. The fourth-order valence-corrected chi connectivity index (χ4v) is 2.64. The molecule has 0 bridgehead atoms. The normalized spacial score (nSPS) is 10.2. The predicted octanol–water partition coefficient (Wildman–Crippen LogP) is 4.16. The first-order chi connectivity index (χ1) is 14.2. The van der Waals surface area contributed by atoms with Crippen molar-refractivity contribution in [2.45, 2.75) is 6.92 Å². The lowest BCUT2D eigenvalue weighted by atomic mass is 10.2. The zero-order chi connectivity index (χ0) is 20.6. The van der Waals surface area contributed by atoms with Gasteiger partial charge in [-0.25, -0.2) is 9.78 Å². The summed E-state index contributed by atoms with van der Waals surface area (Å²) in [4.78, 5) is 21.1. The molecule has 0 atom stereocenters. The number of methoxy groups -OCH3 is 2. The van der Waals surface area contributed by atoms with Gasteiger partial charge in [0.2, 0.25) is 5.95 Å². The lowest BCUT2D eigenvalue weighted by molar-refractivity contribution is 0.0526. The average molecular weight is 394 g/mol. The Labute approximate surface area is 168 Å². The molecule has 0 fully saturated rings. The van der Waals surface area contributed by atoms with Crippen LogP contribution in [0.1, 0.15) is 17.3 Å². The molecule has 29 heavy (non-hydrogen) atoms. The van der Waals surface area contributed by atoms with Crippen LogP contribution in [-0.2, 0) is 4.74 Å². The number of ether oxygens (including phenoxy) is 3. The molecule has 3 aromatic rings. The Bertz CT molecular complexity index is 994. The average Bonchev–Trinajstić information content (AvgIpc) is 2.75. The second-order valence-electron chi connectivity index (χ2n) is 5.83. The molecule has 0 saturated heterocycles. The summed E-state index contributed by atoms with van der Waals surface area (Å²) in [6, 6.07) is 14.7. The van der Waals surface area contributed by atoms with Crippen molar-refractivity contribution in [1.82, 2.24) is 9.97 Å². The summed E-state index contributed by atoms with van der Waals surface area (Å²) < 4.78 is 15.8. The molecule has 8 nitrogen and oxygen atoms in total. The van der Waals surface area contributed by atoms with E-state index in [0.29, 0.717) is 34.6 Å². The number of para-hydroxylation sites is 4. The van der Waals surface area contributed by atoms with Crippen molar-refractivity contribution in [3.8, 4) is 11.5 Å². The van der Waals surface area contributed by atoms with Gasteiger partial charge in [0.25, 0.3) is 0 Å². The van der Waals surface area contributed by atoms with Crippen molar-refractivity contribution in [3.05, 3.63) is 60.3 Å². The SMILES string of the molecule is CCOC(=O)c1cnc(Nc2ccccc2OC)nc1Nc1ccccc1OC. The van der Waals surface area contributed by atoms with Crippen molar-refractivity contribution in [2.24, 2.45) is 0 Å². The quantitative estimate of drug-likeness (QED) is 0.550. The highest BCUT2D eigenvalue weighted by Crippen LogP contribution is 2.30. The second kappa shape index (κ2) is 9.41. The number of benzene rings is 2. The highest BCUT2D eigenvalue weighted by Gasteiger charge is 2.18. The third-order valence-corrected chi connectivity index (χ3v) is 4.00. The number of hydrogen-bond donors (Lipinski definition) is 2. The molecule has 0 radical (unpaired) electrons. The molecule has 8 heteroatoms. The van der Waals surface area contributed by atoms with E-state index >= 15 is 0 Å². The Morgan fingerprint density at radius 3 is 2.10 bits per heavy atom. The molecule has 0 spiro atoms. The van der Waals surface area contributed by atoms with Crippen molar-refractivity contribution in [1.29, 1.82) is 0 Å². The van der Waals surface area contributed by atoms with Crippen LogP contribution in [0, 0.1) is 0 Å². The van der Waals surface area contributed by atoms with Gasteiger partial charge in [0.15, 0.2) is 5.82 Å². The van der Waals surface area contributed by atoms with Gasteiger partial charge in [0.1, 0.15) is 17.1 Å². The Hall–Kier alpha value is -3.81. The maximum atomic E-state index is 12.4. The lowest BCUT2D eigenvalue weighted by Crippen LogP contribution is -2.12. The van der Waals surface area contributed by atoms with E-state index < -0.39 is 5.97 Å². The number of carbonyl (C=O) groups excluding carboxylic acids is 1. The predicted molar refractivity (Wildman–Crippen MR) is 111 cm³/mol. The molecule has 2 N–H and O–H groups in total. The first-order valence-corrected chi connectivity index (χ1v) is 9.00. The Balaban J connectivity index is 1.98. The highest BCUT2D eigenvalue weighted by atomic mass is 16.5. The standard InChI is InChI=1S/C21H22N4O4/c1-4-29-20(26)14-13-22-21(24-16-10-6-8-12-18(16)28-3)25-19(14)23-15-9-5-7-11-17(15)27-2/h5-13H,4H2,1-3H3,(H2,22,23,24,25). The Morgan fingerprint density at radius 2 is 1.52 bits per heavy atom. The van der Waals surface area contributed by atoms with Crippen LogP contribution in [-0.4, -0.2) is 36.8 Å². The summed E-state index contributed by atoms with van der Waals surface area (Å²) in [7, 11) is 3.15. The smallest absolute Gasteiger partial charge is 0.343 e. The molecule has 1 heterocycles.